The Balaban J connectivity index is 1.71. The highest BCUT2D eigenvalue weighted by Crippen LogP contribution is 2.19. The second-order valence-corrected chi connectivity index (χ2v) is 7.93. The predicted octanol–water partition coefficient (Wildman–Crippen LogP) is 2.64. The summed E-state index contributed by atoms with van der Waals surface area (Å²) in [6, 6.07) is 15.2. The number of aryl methyl sites for hydroxylation is 1. The molecule has 2 heterocycles. The molecule has 0 saturated carbocycles. The molecule has 0 bridgehead atoms. The zero-order valence-corrected chi connectivity index (χ0v) is 18.6. The van der Waals surface area contributed by atoms with E-state index in [9.17, 15) is 9.59 Å². The molecule has 32 heavy (non-hydrogen) atoms. The first-order valence-electron chi connectivity index (χ1n) is 9.84. The van der Waals surface area contributed by atoms with Gasteiger partial charge in [0.1, 0.15) is 0 Å². The molecule has 0 saturated heterocycles. The van der Waals surface area contributed by atoms with Crippen LogP contribution < -0.4 is 21.6 Å². The van der Waals surface area contributed by atoms with Gasteiger partial charge in [-0.3, -0.25) is 18.9 Å². The summed E-state index contributed by atoms with van der Waals surface area (Å²) < 4.78 is 2.98. The maximum absolute atomic E-state index is 12.6. The lowest BCUT2D eigenvalue weighted by molar-refractivity contribution is 0.808. The molecule has 2 N–H and O–H groups in total. The fourth-order valence-corrected chi connectivity index (χ4v) is 3.40. The van der Waals surface area contributed by atoms with Crippen LogP contribution in [-0.2, 0) is 13.6 Å². The molecule has 0 aliphatic carbocycles. The predicted molar refractivity (Wildman–Crippen MR) is 128 cm³/mol. The van der Waals surface area contributed by atoms with Crippen LogP contribution in [0.3, 0.4) is 0 Å². The van der Waals surface area contributed by atoms with Crippen molar-refractivity contribution in [3.05, 3.63) is 85.5 Å². The van der Waals surface area contributed by atoms with E-state index in [1.165, 1.54) is 4.57 Å². The topological polar surface area (TPSA) is 100 Å². The number of hydrogen-bond donors (Lipinski definition) is 2. The van der Waals surface area contributed by atoms with Crippen molar-refractivity contribution in [2.45, 2.75) is 6.54 Å². The Labute approximate surface area is 188 Å². The second-order valence-electron chi connectivity index (χ2n) is 7.49. The van der Waals surface area contributed by atoms with Crippen LogP contribution in [0.1, 0.15) is 11.1 Å². The van der Waals surface area contributed by atoms with E-state index in [0.29, 0.717) is 17.5 Å². The first-order valence-corrected chi connectivity index (χ1v) is 10.2. The van der Waals surface area contributed by atoms with E-state index < -0.39 is 11.2 Å². The van der Waals surface area contributed by atoms with Crippen LogP contribution in [0.2, 0.25) is 5.02 Å². The quantitative estimate of drug-likeness (QED) is 0.347. The molecule has 0 spiro atoms. The van der Waals surface area contributed by atoms with Crippen molar-refractivity contribution < 1.29 is 0 Å². The standard InChI is InChI=1S/C22H22ClN7O2/c1-28(2)17-10-6-14(7-11-17)12-24-27-21-25-19-18(20(31)26-22(32)29(19)3)30(21)13-15-4-8-16(23)9-5-15/h4-12H,13H2,1-3H3,(H,25,27)(H,26,31,32)/b24-12-. The first-order chi connectivity index (χ1) is 15.3. The number of nitrogens with zero attached hydrogens (tertiary/aromatic N) is 5. The summed E-state index contributed by atoms with van der Waals surface area (Å²) in [5, 5.41) is 4.91. The Kier molecular flexibility index (Phi) is 5.83. The molecule has 0 fully saturated rings. The maximum atomic E-state index is 12.6. The van der Waals surface area contributed by atoms with Gasteiger partial charge < -0.3 is 4.90 Å². The molecular formula is C22H22ClN7O2. The Morgan fingerprint density at radius 1 is 1.12 bits per heavy atom. The number of aromatic amines is 1. The fourth-order valence-electron chi connectivity index (χ4n) is 3.27. The molecule has 9 nitrogen and oxygen atoms in total. The van der Waals surface area contributed by atoms with Gasteiger partial charge in [-0.1, -0.05) is 35.9 Å². The zero-order chi connectivity index (χ0) is 22.8. The number of H-pyrrole nitrogens is 1. The summed E-state index contributed by atoms with van der Waals surface area (Å²) in [4.78, 5) is 33.4. The van der Waals surface area contributed by atoms with E-state index in [1.54, 1.807) is 30.0 Å². The van der Waals surface area contributed by atoms with Gasteiger partial charge in [0.15, 0.2) is 11.2 Å². The van der Waals surface area contributed by atoms with Gasteiger partial charge in [0.2, 0.25) is 5.95 Å². The van der Waals surface area contributed by atoms with Gasteiger partial charge in [0, 0.05) is 31.9 Å². The van der Waals surface area contributed by atoms with E-state index >= 15 is 0 Å². The summed E-state index contributed by atoms with van der Waals surface area (Å²) in [7, 11) is 5.51. The SMILES string of the molecule is CN(C)c1ccc(/C=N\Nc2nc3c(c(=O)[nH]c(=O)n3C)n2Cc2ccc(Cl)cc2)cc1. The third-order valence-electron chi connectivity index (χ3n) is 5.05. The van der Waals surface area contributed by atoms with Gasteiger partial charge in [-0.25, -0.2) is 10.2 Å². The van der Waals surface area contributed by atoms with E-state index in [4.69, 9.17) is 11.6 Å². The van der Waals surface area contributed by atoms with Crippen LogP contribution in [0.5, 0.6) is 0 Å². The number of halogens is 1. The summed E-state index contributed by atoms with van der Waals surface area (Å²) >= 11 is 5.99. The highest BCUT2D eigenvalue weighted by molar-refractivity contribution is 6.30. The van der Waals surface area contributed by atoms with E-state index in [0.717, 1.165) is 16.8 Å². The number of anilines is 2. The Bertz CT molecular complexity index is 1400. The number of hydrogen-bond acceptors (Lipinski definition) is 6. The first kappa shape index (κ1) is 21.4. The summed E-state index contributed by atoms with van der Waals surface area (Å²) in [5.41, 5.74) is 5.29. The monoisotopic (exact) mass is 451 g/mol. The van der Waals surface area contributed by atoms with Crippen molar-refractivity contribution in [3.63, 3.8) is 0 Å². The van der Waals surface area contributed by atoms with Gasteiger partial charge >= 0.3 is 5.69 Å². The molecule has 2 aromatic heterocycles. The van der Waals surface area contributed by atoms with Crippen molar-refractivity contribution in [1.82, 2.24) is 19.1 Å². The van der Waals surface area contributed by atoms with Crippen molar-refractivity contribution in [1.29, 1.82) is 0 Å². The fraction of sp³-hybridized carbons (Fsp3) is 0.182. The molecule has 4 aromatic rings. The normalized spacial score (nSPS) is 11.4. The average Bonchev–Trinajstić information content (AvgIpc) is 3.13. The minimum Gasteiger partial charge on any atom is -0.378 e. The van der Waals surface area contributed by atoms with Crippen molar-refractivity contribution in [2.24, 2.45) is 12.1 Å². The van der Waals surface area contributed by atoms with Gasteiger partial charge in [0.05, 0.1) is 12.8 Å². The lowest BCUT2D eigenvalue weighted by Crippen LogP contribution is -2.29. The van der Waals surface area contributed by atoms with Crippen LogP contribution in [0.25, 0.3) is 11.2 Å². The van der Waals surface area contributed by atoms with Crippen LogP contribution in [0, 0.1) is 0 Å². The number of aromatic nitrogens is 4. The zero-order valence-electron chi connectivity index (χ0n) is 17.8. The maximum Gasteiger partial charge on any atom is 0.329 e. The van der Waals surface area contributed by atoms with Crippen molar-refractivity contribution >= 4 is 40.6 Å². The summed E-state index contributed by atoms with van der Waals surface area (Å²) in [6.07, 6.45) is 1.66. The number of hydrazone groups is 1. The lowest BCUT2D eigenvalue weighted by atomic mass is 10.2. The molecular weight excluding hydrogens is 430 g/mol. The molecule has 0 amide bonds. The summed E-state index contributed by atoms with van der Waals surface area (Å²) in [5.74, 6) is 0.336. The minimum absolute atomic E-state index is 0.265. The van der Waals surface area contributed by atoms with Crippen molar-refractivity contribution in [3.8, 4) is 0 Å². The van der Waals surface area contributed by atoms with Gasteiger partial charge in [-0.2, -0.15) is 10.1 Å². The molecule has 164 valence electrons. The molecule has 0 radical (unpaired) electrons. The van der Waals surface area contributed by atoms with E-state index in [2.05, 4.69) is 20.5 Å². The Morgan fingerprint density at radius 3 is 2.47 bits per heavy atom. The minimum atomic E-state index is -0.533. The van der Waals surface area contributed by atoms with Crippen LogP contribution in [0.15, 0.2) is 63.2 Å². The number of fused-ring (bicyclic) bond motifs is 1. The van der Waals surface area contributed by atoms with Crippen LogP contribution in [0.4, 0.5) is 11.6 Å². The lowest BCUT2D eigenvalue weighted by Gasteiger charge is -2.11. The van der Waals surface area contributed by atoms with Crippen LogP contribution in [-0.4, -0.2) is 39.4 Å². The third kappa shape index (κ3) is 4.28. The van der Waals surface area contributed by atoms with Gasteiger partial charge in [-0.15, -0.1) is 0 Å². The van der Waals surface area contributed by atoms with E-state index in [1.807, 2.05) is 55.4 Å². The van der Waals surface area contributed by atoms with Crippen molar-refractivity contribution in [2.75, 3.05) is 24.4 Å². The molecule has 0 aliphatic rings. The molecule has 4 rings (SSSR count). The average molecular weight is 452 g/mol. The third-order valence-corrected chi connectivity index (χ3v) is 5.30. The Hall–Kier alpha value is -3.85. The smallest absolute Gasteiger partial charge is 0.329 e. The van der Waals surface area contributed by atoms with E-state index in [-0.39, 0.29) is 11.2 Å². The second kappa shape index (κ2) is 8.72. The molecule has 0 atom stereocenters. The molecule has 2 aromatic carbocycles. The molecule has 10 heteroatoms. The molecule has 0 unspecified atom stereocenters. The largest absolute Gasteiger partial charge is 0.378 e. The highest BCUT2D eigenvalue weighted by atomic mass is 35.5. The number of benzene rings is 2. The number of nitrogens with one attached hydrogen (secondary N) is 2. The number of imidazole rings is 1. The van der Waals surface area contributed by atoms with Gasteiger partial charge in [0.25, 0.3) is 5.56 Å². The number of rotatable bonds is 6. The summed E-state index contributed by atoms with van der Waals surface area (Å²) in [6.45, 7) is 0.338. The Morgan fingerprint density at radius 2 is 1.81 bits per heavy atom. The molecule has 0 aliphatic heterocycles. The van der Waals surface area contributed by atoms with Crippen LogP contribution >= 0.6 is 11.6 Å². The highest BCUT2D eigenvalue weighted by Gasteiger charge is 2.17. The van der Waals surface area contributed by atoms with Gasteiger partial charge in [-0.05, 0) is 35.4 Å².